The number of aliphatic imine (C=N–C) groups is 1. The molecule has 0 radical (unpaired) electrons. The molecule has 1 heterocycles. The summed E-state index contributed by atoms with van der Waals surface area (Å²) in [5.41, 5.74) is 6.34. The lowest BCUT2D eigenvalue weighted by molar-refractivity contribution is 0.0251. The fourth-order valence-electron chi connectivity index (χ4n) is 2.47. The highest BCUT2D eigenvalue weighted by Gasteiger charge is 2.36. The fraction of sp³-hybridized carbons (Fsp3) is 0.917. The van der Waals surface area contributed by atoms with Gasteiger partial charge in [-0.05, 0) is 12.8 Å². The van der Waals surface area contributed by atoms with Crippen LogP contribution in [0.3, 0.4) is 0 Å². The van der Waals surface area contributed by atoms with Crippen LogP contribution in [0.5, 0.6) is 0 Å². The molecule has 0 atom stereocenters. The van der Waals surface area contributed by atoms with Gasteiger partial charge in [0, 0.05) is 37.1 Å². The quantitative estimate of drug-likeness (QED) is 0.607. The Kier molecular flexibility index (Phi) is 4.56. The molecule has 2 aliphatic rings. The van der Waals surface area contributed by atoms with Gasteiger partial charge in [-0.2, -0.15) is 11.8 Å². The summed E-state index contributed by atoms with van der Waals surface area (Å²) in [5.74, 6) is 3.06. The maximum absolute atomic E-state index is 6.06. The monoisotopic (exact) mass is 257 g/mol. The van der Waals surface area contributed by atoms with Gasteiger partial charge in [0.05, 0.1) is 13.2 Å². The molecule has 98 valence electrons. The van der Waals surface area contributed by atoms with E-state index in [4.69, 9.17) is 10.5 Å². The molecule has 17 heavy (non-hydrogen) atoms. The molecule has 0 amide bonds. The lowest BCUT2D eigenvalue weighted by Crippen LogP contribution is -2.44. The largest absolute Gasteiger partial charge is 0.384 e. The van der Waals surface area contributed by atoms with Crippen molar-refractivity contribution in [1.82, 2.24) is 4.90 Å². The molecular weight excluding hydrogens is 234 g/mol. The first kappa shape index (κ1) is 13.0. The molecule has 0 aromatic carbocycles. The van der Waals surface area contributed by atoms with Crippen molar-refractivity contribution in [2.75, 3.05) is 44.9 Å². The van der Waals surface area contributed by atoms with Gasteiger partial charge >= 0.3 is 0 Å². The fourth-order valence-corrected chi connectivity index (χ4v) is 3.38. The number of methoxy groups -OCH3 is 1. The van der Waals surface area contributed by atoms with E-state index < -0.39 is 0 Å². The molecule has 4 nitrogen and oxygen atoms in total. The second kappa shape index (κ2) is 5.96. The van der Waals surface area contributed by atoms with Crippen LogP contribution in [0.15, 0.2) is 4.99 Å². The molecule has 2 N–H and O–H groups in total. The van der Waals surface area contributed by atoms with Gasteiger partial charge in [-0.1, -0.05) is 6.42 Å². The highest BCUT2D eigenvalue weighted by atomic mass is 32.2. The van der Waals surface area contributed by atoms with Crippen molar-refractivity contribution < 1.29 is 4.74 Å². The molecule has 0 spiro atoms. The normalized spacial score (nSPS) is 24.5. The number of hydrogen-bond donors (Lipinski definition) is 1. The maximum Gasteiger partial charge on any atom is 0.191 e. The summed E-state index contributed by atoms with van der Waals surface area (Å²) in [4.78, 5) is 6.80. The number of nitrogens with two attached hydrogens (primary N) is 1. The topological polar surface area (TPSA) is 50.9 Å². The van der Waals surface area contributed by atoms with Crippen molar-refractivity contribution in [3.8, 4) is 0 Å². The van der Waals surface area contributed by atoms with Crippen molar-refractivity contribution in [2.45, 2.75) is 19.3 Å². The molecule has 0 aromatic heterocycles. The van der Waals surface area contributed by atoms with Gasteiger partial charge < -0.3 is 15.4 Å². The average molecular weight is 257 g/mol. The molecule has 1 aliphatic heterocycles. The van der Waals surface area contributed by atoms with Gasteiger partial charge in [0.25, 0.3) is 0 Å². The third-order valence-corrected chi connectivity index (χ3v) is 4.72. The summed E-state index contributed by atoms with van der Waals surface area (Å²) in [6.07, 6.45) is 3.76. The van der Waals surface area contributed by atoms with Crippen LogP contribution in [0.1, 0.15) is 19.3 Å². The van der Waals surface area contributed by atoms with E-state index in [2.05, 4.69) is 9.89 Å². The second-order valence-corrected chi connectivity index (χ2v) is 6.29. The summed E-state index contributed by atoms with van der Waals surface area (Å²) < 4.78 is 5.30. The van der Waals surface area contributed by atoms with Crippen molar-refractivity contribution in [2.24, 2.45) is 16.1 Å². The Labute approximate surface area is 108 Å². The van der Waals surface area contributed by atoms with Gasteiger partial charge in [0.15, 0.2) is 5.96 Å². The van der Waals surface area contributed by atoms with E-state index in [1.54, 1.807) is 7.11 Å². The van der Waals surface area contributed by atoms with Crippen LogP contribution < -0.4 is 5.73 Å². The van der Waals surface area contributed by atoms with Crippen LogP contribution in [0.25, 0.3) is 0 Å². The number of nitrogens with zero attached hydrogens (tertiary/aromatic N) is 2. The van der Waals surface area contributed by atoms with Crippen LogP contribution in [0, 0.1) is 5.41 Å². The Morgan fingerprint density at radius 3 is 2.65 bits per heavy atom. The van der Waals surface area contributed by atoms with Gasteiger partial charge in [-0.15, -0.1) is 0 Å². The standard InChI is InChI=1S/C12H23N3OS/c1-16-10-12(3-2-4-12)9-14-11(13)15-5-7-17-8-6-15/h2-10H2,1H3,(H2,13,14). The van der Waals surface area contributed by atoms with Crippen LogP contribution in [-0.4, -0.2) is 55.7 Å². The first-order valence-corrected chi connectivity index (χ1v) is 7.53. The zero-order chi connectivity index (χ0) is 12.1. The first-order valence-electron chi connectivity index (χ1n) is 6.37. The predicted octanol–water partition coefficient (Wildman–Crippen LogP) is 1.17. The van der Waals surface area contributed by atoms with Crippen molar-refractivity contribution in [3.63, 3.8) is 0 Å². The molecule has 2 rings (SSSR count). The van der Waals surface area contributed by atoms with Crippen LogP contribution in [-0.2, 0) is 4.74 Å². The Balaban J connectivity index is 1.85. The average Bonchev–Trinajstić information content (AvgIpc) is 2.33. The smallest absolute Gasteiger partial charge is 0.191 e. The van der Waals surface area contributed by atoms with Crippen molar-refractivity contribution >= 4 is 17.7 Å². The molecule has 0 bridgehead atoms. The minimum absolute atomic E-state index is 0.282. The SMILES string of the molecule is COCC1(CN=C(N)N2CCSCC2)CCC1. The van der Waals surface area contributed by atoms with E-state index >= 15 is 0 Å². The molecule has 1 saturated heterocycles. The van der Waals surface area contributed by atoms with E-state index in [0.29, 0.717) is 0 Å². The van der Waals surface area contributed by atoms with E-state index in [-0.39, 0.29) is 5.41 Å². The van der Waals surface area contributed by atoms with E-state index in [0.717, 1.165) is 32.2 Å². The van der Waals surface area contributed by atoms with E-state index in [1.807, 2.05) is 11.8 Å². The zero-order valence-electron chi connectivity index (χ0n) is 10.7. The summed E-state index contributed by atoms with van der Waals surface area (Å²) in [7, 11) is 1.77. The van der Waals surface area contributed by atoms with Gasteiger partial charge in [0.2, 0.25) is 0 Å². The van der Waals surface area contributed by atoms with Gasteiger partial charge in [0.1, 0.15) is 0 Å². The summed E-state index contributed by atoms with van der Waals surface area (Å²) in [5, 5.41) is 0. The van der Waals surface area contributed by atoms with Gasteiger partial charge in [-0.3, -0.25) is 4.99 Å². The third-order valence-electron chi connectivity index (χ3n) is 3.78. The first-order chi connectivity index (χ1) is 8.26. The van der Waals surface area contributed by atoms with Crippen LogP contribution in [0.4, 0.5) is 0 Å². The molecule has 1 saturated carbocycles. The van der Waals surface area contributed by atoms with Crippen molar-refractivity contribution in [3.05, 3.63) is 0 Å². The number of rotatable bonds is 4. The molecule has 5 heteroatoms. The Morgan fingerprint density at radius 1 is 1.41 bits per heavy atom. The zero-order valence-corrected chi connectivity index (χ0v) is 11.5. The number of ether oxygens (including phenoxy) is 1. The summed E-state index contributed by atoms with van der Waals surface area (Å²) in [6.45, 7) is 3.73. The Morgan fingerprint density at radius 2 is 2.12 bits per heavy atom. The van der Waals surface area contributed by atoms with E-state index in [1.165, 1.54) is 30.8 Å². The number of hydrogen-bond acceptors (Lipinski definition) is 3. The number of thioether (sulfide) groups is 1. The van der Waals surface area contributed by atoms with Crippen LogP contribution >= 0.6 is 11.8 Å². The minimum Gasteiger partial charge on any atom is -0.384 e. The minimum atomic E-state index is 0.282. The molecular formula is C12H23N3OS. The Bertz CT molecular complexity index is 273. The molecule has 2 fully saturated rings. The van der Waals surface area contributed by atoms with Gasteiger partial charge in [-0.25, -0.2) is 0 Å². The summed E-state index contributed by atoms with van der Waals surface area (Å²) >= 11 is 1.99. The third kappa shape index (κ3) is 3.28. The highest BCUT2D eigenvalue weighted by molar-refractivity contribution is 7.99. The maximum atomic E-state index is 6.06. The molecule has 0 unspecified atom stereocenters. The summed E-state index contributed by atoms with van der Waals surface area (Å²) in [6, 6.07) is 0. The number of guanidine groups is 1. The molecule has 1 aliphatic carbocycles. The predicted molar refractivity (Wildman–Crippen MR) is 73.5 cm³/mol. The van der Waals surface area contributed by atoms with Crippen LogP contribution in [0.2, 0.25) is 0 Å². The lowest BCUT2D eigenvalue weighted by atomic mass is 9.69. The second-order valence-electron chi connectivity index (χ2n) is 5.06. The lowest BCUT2D eigenvalue weighted by Gasteiger charge is -2.40. The van der Waals surface area contributed by atoms with Crippen molar-refractivity contribution in [1.29, 1.82) is 0 Å². The Hall–Kier alpha value is -0.420. The molecule has 0 aromatic rings. The highest BCUT2D eigenvalue weighted by Crippen LogP contribution is 2.41. The van der Waals surface area contributed by atoms with E-state index in [9.17, 15) is 0 Å².